The van der Waals surface area contributed by atoms with Gasteiger partial charge in [-0.15, -0.1) is 0 Å². The molecular weight excluding hydrogens is 358 g/mol. The first-order chi connectivity index (χ1) is 13.6. The van der Waals surface area contributed by atoms with Crippen LogP contribution in [0, 0.1) is 0 Å². The second-order valence-electron chi connectivity index (χ2n) is 6.60. The van der Waals surface area contributed by atoms with Gasteiger partial charge in [0.1, 0.15) is 25.1 Å². The van der Waals surface area contributed by atoms with Crippen molar-refractivity contribution in [3.63, 3.8) is 0 Å². The summed E-state index contributed by atoms with van der Waals surface area (Å²) in [7, 11) is 0. The first-order valence-electron chi connectivity index (χ1n) is 9.29. The summed E-state index contributed by atoms with van der Waals surface area (Å²) in [5.74, 6) is 1.52. The molecule has 2 heterocycles. The first kappa shape index (κ1) is 18.0. The molecule has 0 bridgehead atoms. The fraction of sp³-hybridized carbons (Fsp3) is 0.286. The molecule has 1 N–H and O–H groups in total. The fourth-order valence-electron chi connectivity index (χ4n) is 3.33. The van der Waals surface area contributed by atoms with Crippen LogP contribution in [0.15, 0.2) is 47.3 Å². The average Bonchev–Trinajstić information content (AvgIpc) is 2.73. The minimum atomic E-state index is -0.715. The van der Waals surface area contributed by atoms with Crippen LogP contribution in [-0.4, -0.2) is 28.7 Å². The van der Waals surface area contributed by atoms with Crippen molar-refractivity contribution in [1.29, 1.82) is 0 Å². The SMILES string of the molecule is CCc1nc2ccccc2c(=O)n1C(C)C(=O)Nc1ccc2c(c1)OCCO2. The Morgan fingerprint density at radius 3 is 2.71 bits per heavy atom. The molecular formula is C21H21N3O4. The molecule has 0 aliphatic carbocycles. The third-order valence-electron chi connectivity index (χ3n) is 4.77. The molecule has 1 atom stereocenters. The summed E-state index contributed by atoms with van der Waals surface area (Å²) in [6.07, 6.45) is 0.543. The third-order valence-corrected chi connectivity index (χ3v) is 4.77. The topological polar surface area (TPSA) is 82.5 Å². The van der Waals surface area contributed by atoms with Crippen molar-refractivity contribution in [1.82, 2.24) is 9.55 Å². The van der Waals surface area contributed by atoms with Crippen molar-refractivity contribution >= 4 is 22.5 Å². The normalized spacial score (nSPS) is 13.9. The van der Waals surface area contributed by atoms with E-state index in [4.69, 9.17) is 9.47 Å². The molecule has 0 radical (unpaired) electrons. The van der Waals surface area contributed by atoms with E-state index in [1.165, 1.54) is 4.57 Å². The zero-order valence-electron chi connectivity index (χ0n) is 15.8. The van der Waals surface area contributed by atoms with Gasteiger partial charge in [0.25, 0.3) is 5.56 Å². The molecule has 4 rings (SSSR count). The molecule has 7 heteroatoms. The summed E-state index contributed by atoms with van der Waals surface area (Å²) in [6, 6.07) is 11.7. The van der Waals surface area contributed by atoms with E-state index >= 15 is 0 Å². The maximum absolute atomic E-state index is 13.0. The number of hydrogen-bond acceptors (Lipinski definition) is 5. The number of ether oxygens (including phenoxy) is 2. The van der Waals surface area contributed by atoms with Crippen LogP contribution in [-0.2, 0) is 11.2 Å². The zero-order valence-corrected chi connectivity index (χ0v) is 15.8. The van der Waals surface area contributed by atoms with E-state index in [0.717, 1.165) is 0 Å². The van der Waals surface area contributed by atoms with Crippen LogP contribution >= 0.6 is 0 Å². The predicted molar refractivity (Wildman–Crippen MR) is 106 cm³/mol. The number of fused-ring (bicyclic) bond motifs is 2. The van der Waals surface area contributed by atoms with Gasteiger partial charge in [-0.1, -0.05) is 19.1 Å². The van der Waals surface area contributed by atoms with Crippen molar-refractivity contribution in [3.8, 4) is 11.5 Å². The van der Waals surface area contributed by atoms with Gasteiger partial charge in [0, 0.05) is 18.2 Å². The van der Waals surface area contributed by atoms with Gasteiger partial charge < -0.3 is 14.8 Å². The number of nitrogens with one attached hydrogen (secondary N) is 1. The molecule has 1 aliphatic rings. The Bertz CT molecular complexity index is 1110. The van der Waals surface area contributed by atoms with E-state index < -0.39 is 6.04 Å². The van der Waals surface area contributed by atoms with Crippen LogP contribution in [0.5, 0.6) is 11.5 Å². The van der Waals surface area contributed by atoms with Crippen LogP contribution in [0.25, 0.3) is 10.9 Å². The average molecular weight is 379 g/mol. The largest absolute Gasteiger partial charge is 0.486 e. The lowest BCUT2D eigenvalue weighted by Gasteiger charge is -2.21. The molecule has 0 saturated heterocycles. The van der Waals surface area contributed by atoms with Crippen molar-refractivity contribution in [2.24, 2.45) is 0 Å². The monoisotopic (exact) mass is 379 g/mol. The van der Waals surface area contributed by atoms with Crippen LogP contribution in [0.3, 0.4) is 0 Å². The highest BCUT2D eigenvalue weighted by Crippen LogP contribution is 2.32. The van der Waals surface area contributed by atoms with Gasteiger partial charge in [-0.05, 0) is 31.2 Å². The summed E-state index contributed by atoms with van der Waals surface area (Å²) in [6.45, 7) is 4.59. The van der Waals surface area contributed by atoms with Crippen LogP contribution in [0.2, 0.25) is 0 Å². The molecule has 1 unspecified atom stereocenters. The minimum absolute atomic E-state index is 0.215. The molecule has 0 spiro atoms. The van der Waals surface area contributed by atoms with E-state index in [2.05, 4.69) is 10.3 Å². The number of rotatable bonds is 4. The number of nitrogens with zero attached hydrogens (tertiary/aromatic N) is 2. The Labute approximate surface area is 161 Å². The lowest BCUT2D eigenvalue weighted by atomic mass is 10.2. The summed E-state index contributed by atoms with van der Waals surface area (Å²) in [4.78, 5) is 30.4. The summed E-state index contributed by atoms with van der Waals surface area (Å²) in [5.41, 5.74) is 1.01. The molecule has 1 aromatic heterocycles. The Morgan fingerprint density at radius 1 is 1.18 bits per heavy atom. The standard InChI is InChI=1S/C21H21N3O4/c1-3-19-23-16-7-5-4-6-15(16)21(26)24(19)13(2)20(25)22-14-8-9-17-18(12-14)28-11-10-27-17/h4-9,12-13H,3,10-11H2,1-2H3,(H,22,25). The van der Waals surface area contributed by atoms with Gasteiger partial charge in [0.2, 0.25) is 5.91 Å². The van der Waals surface area contributed by atoms with E-state index in [9.17, 15) is 9.59 Å². The van der Waals surface area contributed by atoms with Crippen LogP contribution in [0.1, 0.15) is 25.7 Å². The third kappa shape index (κ3) is 3.19. The maximum atomic E-state index is 13.0. The van der Waals surface area contributed by atoms with Gasteiger partial charge in [-0.25, -0.2) is 4.98 Å². The summed E-state index contributed by atoms with van der Waals surface area (Å²) >= 11 is 0. The van der Waals surface area contributed by atoms with Gasteiger partial charge in [-0.2, -0.15) is 0 Å². The van der Waals surface area contributed by atoms with Crippen molar-refractivity contribution in [2.45, 2.75) is 26.3 Å². The van der Waals surface area contributed by atoms with Gasteiger partial charge >= 0.3 is 0 Å². The molecule has 28 heavy (non-hydrogen) atoms. The first-order valence-corrected chi connectivity index (χ1v) is 9.29. The van der Waals surface area contributed by atoms with E-state index in [0.29, 0.717) is 53.5 Å². The fourth-order valence-corrected chi connectivity index (χ4v) is 3.33. The van der Waals surface area contributed by atoms with Crippen molar-refractivity contribution in [3.05, 3.63) is 58.6 Å². The predicted octanol–water partition coefficient (Wildman–Crippen LogP) is 2.93. The number of carbonyl (C=O) groups excluding carboxylic acids is 1. The lowest BCUT2D eigenvalue weighted by Crippen LogP contribution is -2.34. The van der Waals surface area contributed by atoms with Crippen LogP contribution in [0.4, 0.5) is 5.69 Å². The molecule has 1 aliphatic heterocycles. The van der Waals surface area contributed by atoms with E-state index in [1.54, 1.807) is 43.3 Å². The highest BCUT2D eigenvalue weighted by atomic mass is 16.6. The number of carbonyl (C=O) groups is 1. The van der Waals surface area contributed by atoms with E-state index in [-0.39, 0.29) is 11.5 Å². The van der Waals surface area contributed by atoms with Gasteiger partial charge in [-0.3, -0.25) is 14.2 Å². The number of benzene rings is 2. The van der Waals surface area contributed by atoms with Gasteiger partial charge in [0.05, 0.1) is 10.9 Å². The van der Waals surface area contributed by atoms with E-state index in [1.807, 2.05) is 13.0 Å². The molecule has 144 valence electrons. The quantitative estimate of drug-likeness (QED) is 0.754. The second-order valence-corrected chi connectivity index (χ2v) is 6.60. The highest BCUT2D eigenvalue weighted by molar-refractivity contribution is 5.94. The number of aryl methyl sites for hydroxylation is 1. The smallest absolute Gasteiger partial charge is 0.262 e. The summed E-state index contributed by atoms with van der Waals surface area (Å²) in [5, 5.41) is 3.35. The Balaban J connectivity index is 1.65. The minimum Gasteiger partial charge on any atom is -0.486 e. The maximum Gasteiger partial charge on any atom is 0.262 e. The molecule has 3 aromatic rings. The molecule has 0 saturated carbocycles. The van der Waals surface area contributed by atoms with Crippen LogP contribution < -0.4 is 20.3 Å². The Kier molecular flexibility index (Phi) is 4.73. The molecule has 2 aromatic carbocycles. The summed E-state index contributed by atoms with van der Waals surface area (Å²) < 4.78 is 12.5. The molecule has 7 nitrogen and oxygen atoms in total. The van der Waals surface area contributed by atoms with Crippen molar-refractivity contribution < 1.29 is 14.3 Å². The lowest BCUT2D eigenvalue weighted by molar-refractivity contribution is -0.118. The highest BCUT2D eigenvalue weighted by Gasteiger charge is 2.22. The number of hydrogen-bond donors (Lipinski definition) is 1. The number of amides is 1. The molecule has 1 amide bonds. The second kappa shape index (κ2) is 7.34. The number of para-hydroxylation sites is 1. The molecule has 0 fully saturated rings. The zero-order chi connectivity index (χ0) is 19.7. The Hall–Kier alpha value is -3.35. The Morgan fingerprint density at radius 2 is 1.93 bits per heavy atom. The van der Waals surface area contributed by atoms with Gasteiger partial charge in [0.15, 0.2) is 11.5 Å². The number of aromatic nitrogens is 2. The van der Waals surface area contributed by atoms with Crippen molar-refractivity contribution in [2.75, 3.05) is 18.5 Å². The number of anilines is 1.